The number of benzene rings is 1. The van der Waals surface area contributed by atoms with Gasteiger partial charge in [0.15, 0.2) is 20.9 Å². The number of ether oxygens (including phenoxy) is 1. The second-order valence-electron chi connectivity index (χ2n) is 7.72. The van der Waals surface area contributed by atoms with Crippen LogP contribution in [0.2, 0.25) is 5.15 Å². The lowest BCUT2D eigenvalue weighted by molar-refractivity contribution is -0.146. The van der Waals surface area contributed by atoms with Gasteiger partial charge in [0.25, 0.3) is 10.0 Å². The molecule has 0 radical (unpaired) electrons. The molecule has 0 amide bonds. The summed E-state index contributed by atoms with van der Waals surface area (Å²) in [5.74, 6) is -0.498. The number of fused-ring (bicyclic) bond motifs is 2. The van der Waals surface area contributed by atoms with Gasteiger partial charge in [-0.05, 0) is 44.9 Å². The minimum Gasteiger partial charge on any atom is -0.455 e. The predicted octanol–water partition coefficient (Wildman–Crippen LogP) is 3.54. The number of sulfonamides is 1. The molecule has 4 rings (SSSR count). The number of aliphatic imine (C=N–C) groups is 1. The van der Waals surface area contributed by atoms with Crippen LogP contribution in [-0.4, -0.2) is 41.6 Å². The van der Waals surface area contributed by atoms with Crippen LogP contribution in [0.15, 0.2) is 39.8 Å². The number of esters is 1. The third-order valence-electron chi connectivity index (χ3n) is 4.29. The summed E-state index contributed by atoms with van der Waals surface area (Å²) in [6.07, 6.45) is 2.18. The number of imidazole rings is 1. The third kappa shape index (κ3) is 3.94. The SMILES string of the molecule is CC(C)(C)OC(=O)C1=NCCc2cc(NS(=O)(=O)c3c(Cl)nc4sccn34)ccc21. The summed E-state index contributed by atoms with van der Waals surface area (Å²) in [7, 11) is -3.97. The fourth-order valence-corrected chi connectivity index (χ4v) is 5.66. The molecule has 3 aromatic rings. The molecule has 3 heterocycles. The van der Waals surface area contributed by atoms with Gasteiger partial charge in [0.1, 0.15) is 5.60 Å². The molecule has 0 spiro atoms. The van der Waals surface area contributed by atoms with Crippen molar-refractivity contribution in [3.63, 3.8) is 0 Å². The molecule has 0 bridgehead atoms. The van der Waals surface area contributed by atoms with Gasteiger partial charge in [-0.25, -0.2) is 9.78 Å². The van der Waals surface area contributed by atoms with E-state index in [2.05, 4.69) is 14.7 Å². The number of hydrogen-bond donors (Lipinski definition) is 1. The van der Waals surface area contributed by atoms with E-state index in [0.29, 0.717) is 29.2 Å². The fourth-order valence-electron chi connectivity index (χ4n) is 3.15. The minimum atomic E-state index is -3.97. The Bertz CT molecular complexity index is 1290. The van der Waals surface area contributed by atoms with Crippen LogP contribution < -0.4 is 4.72 Å². The van der Waals surface area contributed by atoms with Gasteiger partial charge in [-0.1, -0.05) is 17.7 Å². The van der Waals surface area contributed by atoms with E-state index in [0.717, 1.165) is 5.56 Å². The molecule has 1 N–H and O–H groups in total. The Kier molecular flexibility index (Phi) is 5.11. The molecular formula is C19H19ClN4O4S2. The van der Waals surface area contributed by atoms with Crippen LogP contribution in [0.5, 0.6) is 0 Å². The molecule has 30 heavy (non-hydrogen) atoms. The van der Waals surface area contributed by atoms with Crippen molar-refractivity contribution >= 4 is 55.3 Å². The molecule has 8 nitrogen and oxygen atoms in total. The second kappa shape index (κ2) is 7.36. The van der Waals surface area contributed by atoms with E-state index in [4.69, 9.17) is 16.3 Å². The van der Waals surface area contributed by atoms with Gasteiger partial charge in [0.2, 0.25) is 0 Å². The Morgan fingerprint density at radius 2 is 2.10 bits per heavy atom. The molecule has 158 valence electrons. The topological polar surface area (TPSA) is 102 Å². The Balaban J connectivity index is 1.64. The molecule has 0 fully saturated rings. The van der Waals surface area contributed by atoms with E-state index in [1.54, 1.807) is 50.5 Å². The lowest BCUT2D eigenvalue weighted by Gasteiger charge is -2.23. The highest BCUT2D eigenvalue weighted by Gasteiger charge is 2.28. The van der Waals surface area contributed by atoms with Crippen LogP contribution in [0.25, 0.3) is 4.96 Å². The van der Waals surface area contributed by atoms with E-state index >= 15 is 0 Å². The number of hydrogen-bond acceptors (Lipinski definition) is 7. The molecule has 2 aromatic heterocycles. The van der Waals surface area contributed by atoms with Gasteiger partial charge < -0.3 is 4.74 Å². The summed E-state index contributed by atoms with van der Waals surface area (Å²) < 4.78 is 35.3. The van der Waals surface area contributed by atoms with Gasteiger partial charge in [-0.15, -0.1) is 11.3 Å². The van der Waals surface area contributed by atoms with Crippen LogP contribution in [0, 0.1) is 0 Å². The van der Waals surface area contributed by atoms with E-state index in [1.807, 2.05) is 0 Å². The lowest BCUT2D eigenvalue weighted by Crippen LogP contribution is -2.31. The largest absolute Gasteiger partial charge is 0.455 e. The number of carbonyl (C=O) groups excluding carboxylic acids is 1. The summed E-state index contributed by atoms with van der Waals surface area (Å²) >= 11 is 7.36. The summed E-state index contributed by atoms with van der Waals surface area (Å²) in [5.41, 5.74) is 1.43. The van der Waals surface area contributed by atoms with E-state index < -0.39 is 21.6 Å². The number of anilines is 1. The van der Waals surface area contributed by atoms with Crippen molar-refractivity contribution in [1.29, 1.82) is 0 Å². The van der Waals surface area contributed by atoms with E-state index in [1.165, 1.54) is 15.7 Å². The first-order valence-corrected chi connectivity index (χ1v) is 11.8. The maximum atomic E-state index is 12.9. The standard InChI is InChI=1S/C19H19ClN4O4S2/c1-19(2,3)28-17(25)14-13-5-4-12(10-11(13)6-7-21-14)23-30(26,27)16-15(20)22-18-24(16)8-9-29-18/h4-5,8-10,23H,6-7H2,1-3H3. The maximum Gasteiger partial charge on any atom is 0.357 e. The Labute approximate surface area is 182 Å². The number of carbonyl (C=O) groups is 1. The summed E-state index contributed by atoms with van der Waals surface area (Å²) in [6.45, 7) is 5.79. The zero-order chi connectivity index (χ0) is 21.7. The van der Waals surface area contributed by atoms with Gasteiger partial charge in [0, 0.05) is 29.4 Å². The average Bonchev–Trinajstić information content (AvgIpc) is 3.18. The Hall–Kier alpha value is -2.43. The fraction of sp³-hybridized carbons (Fsp3) is 0.316. The minimum absolute atomic E-state index is 0.0911. The van der Waals surface area contributed by atoms with Crippen molar-refractivity contribution in [3.05, 3.63) is 46.1 Å². The number of thiazole rings is 1. The molecule has 0 saturated carbocycles. The first-order valence-electron chi connectivity index (χ1n) is 9.10. The van der Waals surface area contributed by atoms with Crippen molar-refractivity contribution in [2.24, 2.45) is 4.99 Å². The van der Waals surface area contributed by atoms with E-state index in [9.17, 15) is 13.2 Å². The molecule has 0 unspecified atom stereocenters. The number of aromatic nitrogens is 2. The monoisotopic (exact) mass is 466 g/mol. The van der Waals surface area contributed by atoms with Crippen molar-refractivity contribution in [3.8, 4) is 0 Å². The van der Waals surface area contributed by atoms with Gasteiger partial charge in [-0.3, -0.25) is 14.1 Å². The summed E-state index contributed by atoms with van der Waals surface area (Å²) in [4.78, 5) is 21.4. The maximum absolute atomic E-state index is 12.9. The van der Waals surface area contributed by atoms with Crippen molar-refractivity contribution in [2.75, 3.05) is 11.3 Å². The zero-order valence-corrected chi connectivity index (χ0v) is 18.9. The van der Waals surface area contributed by atoms with Gasteiger partial charge in [0.05, 0.1) is 0 Å². The molecule has 1 aliphatic rings. The second-order valence-corrected chi connectivity index (χ2v) is 10.6. The lowest BCUT2D eigenvalue weighted by atomic mass is 9.97. The molecule has 1 aromatic carbocycles. The average molecular weight is 467 g/mol. The smallest absolute Gasteiger partial charge is 0.357 e. The van der Waals surface area contributed by atoms with Crippen molar-refractivity contribution in [2.45, 2.75) is 37.8 Å². The van der Waals surface area contributed by atoms with Crippen molar-refractivity contribution in [1.82, 2.24) is 9.38 Å². The third-order valence-corrected chi connectivity index (χ3v) is 6.82. The van der Waals surface area contributed by atoms with E-state index in [-0.39, 0.29) is 15.9 Å². The zero-order valence-electron chi connectivity index (χ0n) is 16.5. The Morgan fingerprint density at radius 1 is 1.33 bits per heavy atom. The number of halogens is 1. The van der Waals surface area contributed by atoms with Crippen LogP contribution in [-0.2, 0) is 26.0 Å². The van der Waals surface area contributed by atoms with Crippen LogP contribution in [0.1, 0.15) is 31.9 Å². The highest BCUT2D eigenvalue weighted by Crippen LogP contribution is 2.28. The quantitative estimate of drug-likeness (QED) is 0.592. The normalized spacial score (nSPS) is 14.3. The van der Waals surface area contributed by atoms with Crippen LogP contribution in [0.4, 0.5) is 5.69 Å². The highest BCUT2D eigenvalue weighted by molar-refractivity contribution is 7.92. The molecule has 11 heteroatoms. The number of nitrogens with one attached hydrogen (secondary N) is 1. The van der Waals surface area contributed by atoms with Gasteiger partial charge in [-0.2, -0.15) is 8.42 Å². The highest BCUT2D eigenvalue weighted by atomic mass is 35.5. The van der Waals surface area contributed by atoms with Crippen LogP contribution in [0.3, 0.4) is 0 Å². The number of rotatable bonds is 4. The summed E-state index contributed by atoms with van der Waals surface area (Å²) in [5, 5.41) is 1.52. The molecule has 0 aliphatic carbocycles. The molecular weight excluding hydrogens is 448 g/mol. The number of nitrogens with zero attached hydrogens (tertiary/aromatic N) is 3. The first-order chi connectivity index (χ1) is 14.0. The van der Waals surface area contributed by atoms with Crippen molar-refractivity contribution < 1.29 is 17.9 Å². The summed E-state index contributed by atoms with van der Waals surface area (Å²) in [6, 6.07) is 4.96. The van der Waals surface area contributed by atoms with Gasteiger partial charge >= 0.3 is 5.97 Å². The molecule has 1 aliphatic heterocycles. The predicted molar refractivity (Wildman–Crippen MR) is 116 cm³/mol. The molecule has 0 atom stereocenters. The Morgan fingerprint density at radius 3 is 2.83 bits per heavy atom. The first kappa shape index (κ1) is 20.8. The molecule has 0 saturated heterocycles. The van der Waals surface area contributed by atoms with Crippen LogP contribution >= 0.6 is 22.9 Å².